The van der Waals surface area contributed by atoms with Crippen LogP contribution in [0.2, 0.25) is 0 Å². The van der Waals surface area contributed by atoms with Gasteiger partial charge in [-0.1, -0.05) is 18.2 Å². The summed E-state index contributed by atoms with van der Waals surface area (Å²) in [6.07, 6.45) is 0.0684. The first-order valence-corrected chi connectivity index (χ1v) is 7.56. The first kappa shape index (κ1) is 15.9. The second kappa shape index (κ2) is 7.51. The number of hydrogen-bond acceptors (Lipinski definition) is 5. The summed E-state index contributed by atoms with van der Waals surface area (Å²) in [7, 11) is 1.55. The van der Waals surface area contributed by atoms with E-state index in [9.17, 15) is 15.0 Å². The van der Waals surface area contributed by atoms with Gasteiger partial charge in [-0.2, -0.15) is 0 Å². The molecule has 0 spiro atoms. The van der Waals surface area contributed by atoms with Crippen LogP contribution < -0.4 is 5.32 Å². The SMILES string of the molecule is COCC(O)CCNCc1c(C(=O)O)sc2ccccc12. The quantitative estimate of drug-likeness (QED) is 0.651. The molecule has 1 unspecified atom stereocenters. The maximum Gasteiger partial charge on any atom is 0.346 e. The maximum absolute atomic E-state index is 11.3. The zero-order valence-corrected chi connectivity index (χ0v) is 12.7. The molecular formula is C15H19NO4S. The second-order valence-electron chi connectivity index (χ2n) is 4.79. The van der Waals surface area contributed by atoms with E-state index in [1.54, 1.807) is 7.11 Å². The summed E-state index contributed by atoms with van der Waals surface area (Å²) in [6, 6.07) is 7.68. The molecular weight excluding hydrogens is 290 g/mol. The molecule has 21 heavy (non-hydrogen) atoms. The van der Waals surface area contributed by atoms with Crippen molar-refractivity contribution < 1.29 is 19.7 Å². The van der Waals surface area contributed by atoms with Gasteiger partial charge in [-0.25, -0.2) is 4.79 Å². The molecule has 1 heterocycles. The van der Waals surface area contributed by atoms with E-state index < -0.39 is 12.1 Å². The number of carboxylic acids is 1. The highest BCUT2D eigenvalue weighted by atomic mass is 32.1. The predicted molar refractivity (Wildman–Crippen MR) is 83.0 cm³/mol. The molecule has 1 aromatic heterocycles. The van der Waals surface area contributed by atoms with Crippen LogP contribution in [0.4, 0.5) is 0 Å². The van der Waals surface area contributed by atoms with E-state index >= 15 is 0 Å². The molecule has 0 aliphatic rings. The number of ether oxygens (including phenoxy) is 1. The Bertz CT molecular complexity index is 611. The molecule has 1 atom stereocenters. The highest BCUT2D eigenvalue weighted by Gasteiger charge is 2.17. The fourth-order valence-electron chi connectivity index (χ4n) is 2.20. The van der Waals surface area contributed by atoms with Crippen molar-refractivity contribution in [3.63, 3.8) is 0 Å². The summed E-state index contributed by atoms with van der Waals surface area (Å²) in [5.41, 5.74) is 0.810. The molecule has 0 bridgehead atoms. The van der Waals surface area contributed by atoms with E-state index in [0.717, 1.165) is 15.6 Å². The summed E-state index contributed by atoms with van der Waals surface area (Å²) in [4.78, 5) is 11.7. The van der Waals surface area contributed by atoms with Crippen molar-refractivity contribution in [2.45, 2.75) is 19.1 Å². The Labute approximate surface area is 127 Å². The molecule has 0 amide bonds. The number of thiophene rings is 1. The molecule has 0 fully saturated rings. The Hall–Kier alpha value is -1.47. The van der Waals surface area contributed by atoms with Crippen molar-refractivity contribution >= 4 is 27.4 Å². The fraction of sp³-hybridized carbons (Fsp3) is 0.400. The van der Waals surface area contributed by atoms with Crippen molar-refractivity contribution in [1.82, 2.24) is 5.32 Å². The Morgan fingerprint density at radius 3 is 2.90 bits per heavy atom. The third-order valence-corrected chi connectivity index (χ3v) is 4.41. The molecule has 3 N–H and O–H groups in total. The van der Waals surface area contributed by atoms with E-state index in [-0.39, 0.29) is 0 Å². The first-order valence-electron chi connectivity index (χ1n) is 6.75. The van der Waals surface area contributed by atoms with Gasteiger partial charge >= 0.3 is 5.97 Å². The average molecular weight is 309 g/mol. The zero-order chi connectivity index (χ0) is 15.2. The van der Waals surface area contributed by atoms with Crippen LogP contribution in [0.25, 0.3) is 10.1 Å². The molecule has 0 radical (unpaired) electrons. The molecule has 5 nitrogen and oxygen atoms in total. The number of aliphatic hydroxyl groups is 1. The topological polar surface area (TPSA) is 78.8 Å². The summed E-state index contributed by atoms with van der Waals surface area (Å²) in [6.45, 7) is 1.39. The minimum Gasteiger partial charge on any atom is -0.477 e. The van der Waals surface area contributed by atoms with Gasteiger partial charge in [0.25, 0.3) is 0 Å². The van der Waals surface area contributed by atoms with Gasteiger partial charge in [0.05, 0.1) is 12.7 Å². The van der Waals surface area contributed by atoms with Gasteiger partial charge in [-0.05, 0) is 30.0 Å². The highest BCUT2D eigenvalue weighted by Crippen LogP contribution is 2.31. The molecule has 0 aliphatic carbocycles. The molecule has 6 heteroatoms. The second-order valence-corrected chi connectivity index (χ2v) is 5.84. The molecule has 0 saturated heterocycles. The van der Waals surface area contributed by atoms with Crippen molar-refractivity contribution in [3.8, 4) is 0 Å². The average Bonchev–Trinajstić information content (AvgIpc) is 2.83. The van der Waals surface area contributed by atoms with Crippen molar-refractivity contribution in [1.29, 1.82) is 0 Å². The van der Waals surface area contributed by atoms with Gasteiger partial charge in [-0.15, -0.1) is 11.3 Å². The molecule has 114 valence electrons. The van der Waals surface area contributed by atoms with Crippen LogP contribution in [0.5, 0.6) is 0 Å². The number of fused-ring (bicyclic) bond motifs is 1. The van der Waals surface area contributed by atoms with E-state index in [0.29, 0.717) is 31.0 Å². The molecule has 0 aliphatic heterocycles. The minimum atomic E-state index is -0.896. The van der Waals surface area contributed by atoms with Gasteiger partial charge in [-0.3, -0.25) is 0 Å². The third kappa shape index (κ3) is 4.01. The molecule has 1 aromatic carbocycles. The van der Waals surface area contributed by atoms with Gasteiger partial charge in [0.15, 0.2) is 0 Å². The minimum absolute atomic E-state index is 0.309. The first-order chi connectivity index (χ1) is 10.1. The number of rotatable bonds is 8. The Morgan fingerprint density at radius 1 is 1.43 bits per heavy atom. The van der Waals surface area contributed by atoms with E-state index in [4.69, 9.17) is 4.74 Å². The lowest BCUT2D eigenvalue weighted by atomic mass is 10.1. The normalized spacial score (nSPS) is 12.7. The lowest BCUT2D eigenvalue weighted by Crippen LogP contribution is -2.23. The van der Waals surface area contributed by atoms with Gasteiger partial charge in [0.1, 0.15) is 4.88 Å². The fourth-order valence-corrected chi connectivity index (χ4v) is 3.27. The third-order valence-electron chi connectivity index (χ3n) is 3.21. The highest BCUT2D eigenvalue weighted by molar-refractivity contribution is 7.21. The van der Waals surface area contributed by atoms with Gasteiger partial charge in [0, 0.05) is 18.4 Å². The Balaban J connectivity index is 2.03. The molecule has 0 saturated carbocycles. The van der Waals surface area contributed by atoms with Crippen molar-refractivity contribution in [2.24, 2.45) is 0 Å². The van der Waals surface area contributed by atoms with Crippen LogP contribution in [-0.2, 0) is 11.3 Å². The monoisotopic (exact) mass is 309 g/mol. The Kier molecular flexibility index (Phi) is 5.69. The number of methoxy groups -OCH3 is 1. The summed E-state index contributed by atoms with van der Waals surface area (Å²) in [5.74, 6) is -0.896. The van der Waals surface area contributed by atoms with Crippen LogP contribution in [0.3, 0.4) is 0 Å². The van der Waals surface area contributed by atoms with Gasteiger partial charge < -0.3 is 20.3 Å². The Morgan fingerprint density at radius 2 is 2.19 bits per heavy atom. The van der Waals surface area contributed by atoms with Crippen LogP contribution in [0.1, 0.15) is 21.7 Å². The largest absolute Gasteiger partial charge is 0.477 e. The van der Waals surface area contributed by atoms with E-state index in [1.165, 1.54) is 11.3 Å². The number of aromatic carboxylic acids is 1. The molecule has 2 rings (SSSR count). The lowest BCUT2D eigenvalue weighted by molar-refractivity contribution is 0.0593. The number of benzene rings is 1. The number of carboxylic acid groups (broad SMARTS) is 1. The number of aliphatic hydroxyl groups excluding tert-OH is 1. The number of nitrogens with one attached hydrogen (secondary N) is 1. The van der Waals surface area contributed by atoms with Crippen LogP contribution in [0.15, 0.2) is 24.3 Å². The lowest BCUT2D eigenvalue weighted by Gasteiger charge is -2.10. The number of hydrogen-bond donors (Lipinski definition) is 3. The van der Waals surface area contributed by atoms with Crippen LogP contribution in [-0.4, -0.2) is 42.5 Å². The molecule has 2 aromatic rings. The van der Waals surface area contributed by atoms with E-state index in [2.05, 4.69) is 5.32 Å². The summed E-state index contributed by atoms with van der Waals surface area (Å²) < 4.78 is 5.84. The van der Waals surface area contributed by atoms with Crippen molar-refractivity contribution in [2.75, 3.05) is 20.3 Å². The number of carbonyl (C=O) groups is 1. The zero-order valence-electron chi connectivity index (χ0n) is 11.8. The summed E-state index contributed by atoms with van der Waals surface area (Å²) >= 11 is 1.30. The predicted octanol–water partition coefficient (Wildman–Crippen LogP) is 2.09. The van der Waals surface area contributed by atoms with Gasteiger partial charge in [0.2, 0.25) is 0 Å². The van der Waals surface area contributed by atoms with Crippen LogP contribution in [0, 0.1) is 0 Å². The summed E-state index contributed by atoms with van der Waals surface area (Å²) in [5, 5.41) is 23.0. The van der Waals surface area contributed by atoms with Crippen LogP contribution >= 0.6 is 11.3 Å². The smallest absolute Gasteiger partial charge is 0.346 e. The van der Waals surface area contributed by atoms with E-state index in [1.807, 2.05) is 24.3 Å². The van der Waals surface area contributed by atoms with Crippen molar-refractivity contribution in [3.05, 3.63) is 34.7 Å². The maximum atomic E-state index is 11.3. The standard InChI is InChI=1S/C15H19NO4S/c1-20-9-10(17)6-7-16-8-12-11-4-2-3-5-13(11)21-14(12)15(18)19/h2-5,10,16-17H,6-9H2,1H3,(H,18,19).